The Hall–Kier alpha value is -1.97. The van der Waals surface area contributed by atoms with Gasteiger partial charge in [-0.3, -0.25) is 4.79 Å². The number of carbonyl (C=O) groups excluding carboxylic acids is 1. The van der Waals surface area contributed by atoms with E-state index in [9.17, 15) is 13.2 Å². The van der Waals surface area contributed by atoms with Crippen LogP contribution < -0.4 is 5.32 Å². The largest absolute Gasteiger partial charge is 0.373 e. The topological polar surface area (TPSA) is 79.0 Å². The van der Waals surface area contributed by atoms with Crippen molar-refractivity contribution in [3.8, 4) is 0 Å². The third kappa shape index (κ3) is 5.68. The summed E-state index contributed by atoms with van der Waals surface area (Å²) in [5.74, 6) is -0.276. The lowest BCUT2D eigenvalue weighted by Crippen LogP contribution is -2.48. The van der Waals surface area contributed by atoms with Gasteiger partial charge in [0.25, 0.3) is 5.91 Å². The number of likely N-dealkylation sites (N-methyl/N-ethyl adjacent to an activating group) is 1. The Morgan fingerprint density at radius 1 is 1.12 bits per heavy atom. The van der Waals surface area contributed by atoms with Crippen molar-refractivity contribution in [2.24, 2.45) is 0 Å². The second-order valence-electron chi connectivity index (χ2n) is 8.31. The normalized spacial score (nSPS) is 20.8. The summed E-state index contributed by atoms with van der Waals surface area (Å²) in [6, 6.07) is 13.5. The van der Waals surface area contributed by atoms with E-state index in [1.165, 1.54) is 28.6 Å². The van der Waals surface area contributed by atoms with Crippen molar-refractivity contribution in [1.29, 1.82) is 0 Å². The van der Waals surface area contributed by atoms with Crippen LogP contribution in [0.1, 0.15) is 35.8 Å². The van der Waals surface area contributed by atoms with E-state index in [4.69, 9.17) is 16.3 Å². The van der Waals surface area contributed by atoms with Crippen LogP contribution in [-0.4, -0.2) is 69.5 Å². The summed E-state index contributed by atoms with van der Waals surface area (Å²) in [4.78, 5) is 14.8. The van der Waals surface area contributed by atoms with Gasteiger partial charge in [-0.05, 0) is 63.8 Å². The molecule has 0 bridgehead atoms. The highest BCUT2D eigenvalue weighted by Gasteiger charge is 2.32. The van der Waals surface area contributed by atoms with Crippen LogP contribution >= 0.6 is 11.6 Å². The number of carbonyl (C=O) groups is 1. The lowest BCUT2D eigenvalue weighted by atomic mass is 10.1. The van der Waals surface area contributed by atoms with E-state index in [1.54, 1.807) is 0 Å². The first-order valence-electron chi connectivity index (χ1n) is 10.5. The predicted octanol–water partition coefficient (Wildman–Crippen LogP) is 3.17. The number of halogens is 1. The smallest absolute Gasteiger partial charge is 0.251 e. The van der Waals surface area contributed by atoms with Crippen LogP contribution in [0.5, 0.6) is 0 Å². The molecule has 0 spiro atoms. The molecule has 9 heteroatoms. The molecule has 1 aliphatic rings. The molecule has 0 unspecified atom stereocenters. The van der Waals surface area contributed by atoms with E-state index in [0.29, 0.717) is 30.2 Å². The first-order chi connectivity index (χ1) is 15.1. The molecule has 2 aromatic rings. The van der Waals surface area contributed by atoms with Gasteiger partial charge in [-0.25, -0.2) is 8.42 Å². The van der Waals surface area contributed by atoms with Gasteiger partial charge in [-0.15, -0.1) is 0 Å². The lowest BCUT2D eigenvalue weighted by Gasteiger charge is -2.34. The molecule has 1 saturated heterocycles. The van der Waals surface area contributed by atoms with Gasteiger partial charge in [0.05, 0.1) is 23.1 Å². The zero-order valence-corrected chi connectivity index (χ0v) is 20.4. The van der Waals surface area contributed by atoms with Crippen molar-refractivity contribution < 1.29 is 17.9 Å². The quantitative estimate of drug-likeness (QED) is 0.659. The second kappa shape index (κ2) is 10.3. The summed E-state index contributed by atoms with van der Waals surface area (Å²) < 4.78 is 33.0. The van der Waals surface area contributed by atoms with E-state index < -0.39 is 10.0 Å². The fourth-order valence-corrected chi connectivity index (χ4v) is 5.71. The third-order valence-corrected chi connectivity index (χ3v) is 7.67. The molecule has 0 aliphatic carbocycles. The summed E-state index contributed by atoms with van der Waals surface area (Å²) in [5.41, 5.74) is 1.32. The van der Waals surface area contributed by atoms with Gasteiger partial charge in [0.1, 0.15) is 0 Å². The van der Waals surface area contributed by atoms with E-state index >= 15 is 0 Å². The summed E-state index contributed by atoms with van der Waals surface area (Å²) in [7, 11) is 0.200. The summed E-state index contributed by atoms with van der Waals surface area (Å²) >= 11 is 6.33. The average molecular weight is 480 g/mol. The minimum atomic E-state index is -3.65. The van der Waals surface area contributed by atoms with Crippen LogP contribution in [0.2, 0.25) is 5.02 Å². The van der Waals surface area contributed by atoms with Gasteiger partial charge in [-0.2, -0.15) is 4.31 Å². The minimum Gasteiger partial charge on any atom is -0.373 e. The molecule has 174 valence electrons. The first-order valence-corrected chi connectivity index (χ1v) is 12.4. The zero-order valence-electron chi connectivity index (χ0n) is 18.8. The van der Waals surface area contributed by atoms with Crippen molar-refractivity contribution in [3.63, 3.8) is 0 Å². The molecule has 1 aliphatic heterocycles. The maximum Gasteiger partial charge on any atom is 0.251 e. The van der Waals surface area contributed by atoms with Crippen molar-refractivity contribution in [3.05, 3.63) is 64.7 Å². The molecule has 1 fully saturated rings. The third-order valence-electron chi connectivity index (χ3n) is 5.48. The Balaban J connectivity index is 1.69. The Morgan fingerprint density at radius 2 is 1.72 bits per heavy atom. The SMILES string of the molecule is C[C@@H]1CN(S(=O)(=O)c2ccc(C(=O)NC[C@H](c3ccccc3Cl)N(C)C)cc2)C[C@@H](C)O1. The van der Waals surface area contributed by atoms with Gasteiger partial charge in [0.2, 0.25) is 10.0 Å². The predicted molar refractivity (Wildman–Crippen MR) is 125 cm³/mol. The number of hydrogen-bond donors (Lipinski definition) is 1. The molecule has 0 radical (unpaired) electrons. The van der Waals surface area contributed by atoms with E-state index in [0.717, 1.165) is 5.56 Å². The van der Waals surface area contributed by atoms with Crippen LogP contribution in [-0.2, 0) is 14.8 Å². The number of benzene rings is 2. The molecule has 1 heterocycles. The molecule has 0 aromatic heterocycles. The molecule has 32 heavy (non-hydrogen) atoms. The van der Waals surface area contributed by atoms with Crippen LogP contribution in [0.3, 0.4) is 0 Å². The fraction of sp³-hybridized carbons (Fsp3) is 0.435. The molecular weight excluding hydrogens is 450 g/mol. The number of sulfonamides is 1. The first kappa shape index (κ1) is 24.7. The molecular formula is C23H30ClN3O4S. The number of amides is 1. The molecule has 2 aromatic carbocycles. The van der Waals surface area contributed by atoms with E-state index in [1.807, 2.05) is 57.1 Å². The van der Waals surface area contributed by atoms with Gasteiger partial charge in [0, 0.05) is 30.2 Å². The molecule has 7 nitrogen and oxygen atoms in total. The van der Waals surface area contributed by atoms with E-state index in [-0.39, 0.29) is 29.1 Å². The number of hydrogen-bond acceptors (Lipinski definition) is 5. The van der Waals surface area contributed by atoms with E-state index in [2.05, 4.69) is 5.32 Å². The standard InChI is InChI=1S/C23H30ClN3O4S/c1-16-14-27(15-17(2)31-16)32(29,30)19-11-9-18(10-12-19)23(28)25-13-22(26(3)4)20-7-5-6-8-21(20)24/h5-12,16-17,22H,13-15H2,1-4H3,(H,25,28)/t16-,17-,22-/m1/s1. The van der Waals surface area contributed by atoms with Crippen LogP contribution in [0, 0.1) is 0 Å². The summed E-state index contributed by atoms with van der Waals surface area (Å²) in [6.07, 6.45) is -0.331. The second-order valence-corrected chi connectivity index (χ2v) is 10.7. The number of rotatable bonds is 7. The van der Waals surface area contributed by atoms with Crippen molar-refractivity contribution in [2.45, 2.75) is 37.0 Å². The molecule has 1 N–H and O–H groups in total. The Kier molecular flexibility index (Phi) is 7.95. The number of nitrogens with zero attached hydrogens (tertiary/aromatic N) is 2. The van der Waals surface area contributed by atoms with Crippen LogP contribution in [0.25, 0.3) is 0 Å². The zero-order chi connectivity index (χ0) is 23.5. The van der Waals surface area contributed by atoms with Crippen LogP contribution in [0.15, 0.2) is 53.4 Å². The van der Waals surface area contributed by atoms with Crippen molar-refractivity contribution in [2.75, 3.05) is 33.7 Å². The number of nitrogens with one attached hydrogen (secondary N) is 1. The van der Waals surface area contributed by atoms with Crippen molar-refractivity contribution in [1.82, 2.24) is 14.5 Å². The van der Waals surface area contributed by atoms with Gasteiger partial charge in [0.15, 0.2) is 0 Å². The van der Waals surface area contributed by atoms with Gasteiger partial charge < -0.3 is 15.0 Å². The summed E-state index contributed by atoms with van der Waals surface area (Å²) in [6.45, 7) is 4.69. The Morgan fingerprint density at radius 3 is 2.28 bits per heavy atom. The number of ether oxygens (including phenoxy) is 1. The monoisotopic (exact) mass is 479 g/mol. The number of morpholine rings is 1. The summed E-state index contributed by atoms with van der Waals surface area (Å²) in [5, 5.41) is 3.56. The fourth-order valence-electron chi connectivity index (χ4n) is 3.86. The van der Waals surface area contributed by atoms with Crippen molar-refractivity contribution >= 4 is 27.5 Å². The van der Waals surface area contributed by atoms with Gasteiger partial charge in [-0.1, -0.05) is 29.8 Å². The lowest BCUT2D eigenvalue weighted by molar-refractivity contribution is -0.0440. The Bertz CT molecular complexity index is 1030. The molecule has 0 saturated carbocycles. The Labute approximate surface area is 195 Å². The highest BCUT2D eigenvalue weighted by molar-refractivity contribution is 7.89. The maximum absolute atomic E-state index is 13.0. The maximum atomic E-state index is 13.0. The average Bonchev–Trinajstić information content (AvgIpc) is 2.74. The molecule has 1 amide bonds. The minimum absolute atomic E-state index is 0.0994. The van der Waals surface area contributed by atoms with Crippen LogP contribution in [0.4, 0.5) is 0 Å². The molecule has 3 rings (SSSR count). The highest BCUT2D eigenvalue weighted by Crippen LogP contribution is 2.26. The van der Waals surface area contributed by atoms with Gasteiger partial charge >= 0.3 is 0 Å². The molecule has 3 atom stereocenters. The highest BCUT2D eigenvalue weighted by atomic mass is 35.5.